The fourth-order valence-corrected chi connectivity index (χ4v) is 1.18. The SMILES string of the molecule is CC(C)Cn1nccc1CC(=O)O. The second-order valence-electron chi connectivity index (χ2n) is 3.47. The van der Waals surface area contributed by atoms with Gasteiger partial charge in [-0.05, 0) is 12.0 Å². The van der Waals surface area contributed by atoms with Crippen LogP contribution in [0.15, 0.2) is 12.3 Å². The third-order valence-corrected chi connectivity index (χ3v) is 1.67. The molecular formula is C9H14N2O2. The number of carboxylic acids is 1. The summed E-state index contributed by atoms with van der Waals surface area (Å²) in [5, 5.41) is 12.7. The van der Waals surface area contributed by atoms with Gasteiger partial charge in [0.15, 0.2) is 0 Å². The molecule has 0 radical (unpaired) electrons. The summed E-state index contributed by atoms with van der Waals surface area (Å²) in [7, 11) is 0. The molecule has 0 aliphatic heterocycles. The first-order valence-electron chi connectivity index (χ1n) is 4.32. The normalized spacial score (nSPS) is 10.7. The molecule has 0 fully saturated rings. The van der Waals surface area contributed by atoms with Crippen molar-refractivity contribution < 1.29 is 9.90 Å². The van der Waals surface area contributed by atoms with Gasteiger partial charge in [0.1, 0.15) is 0 Å². The van der Waals surface area contributed by atoms with Gasteiger partial charge in [0.25, 0.3) is 0 Å². The molecule has 13 heavy (non-hydrogen) atoms. The van der Waals surface area contributed by atoms with E-state index in [0.29, 0.717) is 5.92 Å². The molecule has 4 heteroatoms. The van der Waals surface area contributed by atoms with Gasteiger partial charge < -0.3 is 5.11 Å². The third-order valence-electron chi connectivity index (χ3n) is 1.67. The van der Waals surface area contributed by atoms with Crippen molar-refractivity contribution in [2.24, 2.45) is 5.92 Å². The summed E-state index contributed by atoms with van der Waals surface area (Å²) < 4.78 is 1.75. The zero-order valence-electron chi connectivity index (χ0n) is 7.90. The molecule has 1 heterocycles. The van der Waals surface area contributed by atoms with Crippen LogP contribution in [0.4, 0.5) is 0 Å². The van der Waals surface area contributed by atoms with Crippen LogP contribution in [0, 0.1) is 5.92 Å². The number of hydrogen-bond acceptors (Lipinski definition) is 2. The Hall–Kier alpha value is -1.32. The van der Waals surface area contributed by atoms with Crippen LogP contribution in [-0.4, -0.2) is 20.9 Å². The van der Waals surface area contributed by atoms with E-state index < -0.39 is 5.97 Å². The topological polar surface area (TPSA) is 55.1 Å². The maximum absolute atomic E-state index is 10.5. The Kier molecular flexibility index (Phi) is 3.06. The summed E-state index contributed by atoms with van der Waals surface area (Å²) >= 11 is 0. The average Bonchev–Trinajstić information content (AvgIpc) is 2.34. The summed E-state index contributed by atoms with van der Waals surface area (Å²) in [4.78, 5) is 10.5. The molecule has 0 unspecified atom stereocenters. The lowest BCUT2D eigenvalue weighted by Crippen LogP contribution is -2.12. The van der Waals surface area contributed by atoms with Crippen molar-refractivity contribution in [3.05, 3.63) is 18.0 Å². The minimum Gasteiger partial charge on any atom is -0.481 e. The van der Waals surface area contributed by atoms with E-state index in [9.17, 15) is 4.79 Å². The molecule has 1 aromatic rings. The van der Waals surface area contributed by atoms with Gasteiger partial charge in [0.2, 0.25) is 0 Å². The standard InChI is InChI=1S/C9H14N2O2/c1-7(2)6-11-8(3-4-10-11)5-9(12)13/h3-4,7H,5-6H2,1-2H3,(H,12,13). The Morgan fingerprint density at radius 1 is 1.69 bits per heavy atom. The molecule has 0 aliphatic rings. The van der Waals surface area contributed by atoms with Gasteiger partial charge in [-0.1, -0.05) is 13.8 Å². The number of aromatic nitrogens is 2. The van der Waals surface area contributed by atoms with E-state index in [4.69, 9.17) is 5.11 Å². The third kappa shape index (κ3) is 2.89. The second kappa shape index (κ2) is 4.07. The van der Waals surface area contributed by atoms with Crippen molar-refractivity contribution in [3.63, 3.8) is 0 Å². The zero-order valence-corrected chi connectivity index (χ0v) is 7.90. The number of carboxylic acid groups (broad SMARTS) is 1. The molecule has 72 valence electrons. The number of carbonyl (C=O) groups is 1. The van der Waals surface area contributed by atoms with Crippen LogP contribution in [0.3, 0.4) is 0 Å². The highest BCUT2D eigenvalue weighted by Crippen LogP contribution is 2.04. The molecular weight excluding hydrogens is 168 g/mol. The summed E-state index contributed by atoms with van der Waals surface area (Å²) in [6, 6.07) is 1.75. The van der Waals surface area contributed by atoms with Crippen LogP contribution >= 0.6 is 0 Å². The van der Waals surface area contributed by atoms with E-state index in [1.54, 1.807) is 16.9 Å². The van der Waals surface area contributed by atoms with Gasteiger partial charge in [0, 0.05) is 18.4 Å². The number of aliphatic carboxylic acids is 1. The van der Waals surface area contributed by atoms with E-state index >= 15 is 0 Å². The maximum atomic E-state index is 10.5. The van der Waals surface area contributed by atoms with Gasteiger partial charge in [-0.3, -0.25) is 9.48 Å². The van der Waals surface area contributed by atoms with Crippen molar-refractivity contribution in [1.29, 1.82) is 0 Å². The minimum atomic E-state index is -0.814. The lowest BCUT2D eigenvalue weighted by molar-refractivity contribution is -0.136. The molecule has 0 saturated heterocycles. The molecule has 0 spiro atoms. The molecule has 4 nitrogen and oxygen atoms in total. The average molecular weight is 182 g/mol. The van der Waals surface area contributed by atoms with E-state index in [0.717, 1.165) is 12.2 Å². The number of nitrogens with zero attached hydrogens (tertiary/aromatic N) is 2. The summed E-state index contributed by atoms with van der Waals surface area (Å²) in [6.07, 6.45) is 1.69. The van der Waals surface area contributed by atoms with Gasteiger partial charge in [-0.25, -0.2) is 0 Å². The van der Waals surface area contributed by atoms with Gasteiger partial charge >= 0.3 is 5.97 Å². The van der Waals surface area contributed by atoms with Crippen molar-refractivity contribution >= 4 is 5.97 Å². The minimum absolute atomic E-state index is 0.0483. The highest BCUT2D eigenvalue weighted by atomic mass is 16.4. The first-order valence-corrected chi connectivity index (χ1v) is 4.32. The molecule has 1 rings (SSSR count). The Morgan fingerprint density at radius 3 is 2.92 bits per heavy atom. The monoisotopic (exact) mass is 182 g/mol. The smallest absolute Gasteiger partial charge is 0.309 e. The maximum Gasteiger partial charge on any atom is 0.309 e. The van der Waals surface area contributed by atoms with Crippen molar-refractivity contribution in [1.82, 2.24) is 9.78 Å². The van der Waals surface area contributed by atoms with Crippen molar-refractivity contribution in [2.45, 2.75) is 26.8 Å². The van der Waals surface area contributed by atoms with Crippen LogP contribution in [0.2, 0.25) is 0 Å². The van der Waals surface area contributed by atoms with Crippen molar-refractivity contribution in [3.8, 4) is 0 Å². The lowest BCUT2D eigenvalue weighted by atomic mass is 10.2. The van der Waals surface area contributed by atoms with Gasteiger partial charge in [0.05, 0.1) is 6.42 Å². The summed E-state index contributed by atoms with van der Waals surface area (Å²) in [5.41, 5.74) is 0.765. The van der Waals surface area contributed by atoms with Crippen molar-refractivity contribution in [2.75, 3.05) is 0 Å². The van der Waals surface area contributed by atoms with Crippen LogP contribution in [0.1, 0.15) is 19.5 Å². The van der Waals surface area contributed by atoms with Gasteiger partial charge in [-0.2, -0.15) is 5.10 Å². The summed E-state index contributed by atoms with van der Waals surface area (Å²) in [6.45, 7) is 4.92. The predicted octanol–water partition coefficient (Wildman–Crippen LogP) is 1.17. The molecule has 0 amide bonds. The highest BCUT2D eigenvalue weighted by molar-refractivity contribution is 5.69. The number of rotatable bonds is 4. The first-order chi connectivity index (χ1) is 6.09. The molecule has 0 saturated carbocycles. The summed E-state index contributed by atoms with van der Waals surface area (Å²) in [5.74, 6) is -0.335. The van der Waals surface area contributed by atoms with Crippen LogP contribution in [0.25, 0.3) is 0 Å². The molecule has 1 N–H and O–H groups in total. The quantitative estimate of drug-likeness (QED) is 0.760. The fraction of sp³-hybridized carbons (Fsp3) is 0.556. The van der Waals surface area contributed by atoms with E-state index in [1.807, 2.05) is 0 Å². The molecule has 0 bridgehead atoms. The van der Waals surface area contributed by atoms with E-state index in [-0.39, 0.29) is 6.42 Å². The van der Waals surface area contributed by atoms with Gasteiger partial charge in [-0.15, -0.1) is 0 Å². The second-order valence-corrected chi connectivity index (χ2v) is 3.47. The zero-order chi connectivity index (χ0) is 9.84. The van der Waals surface area contributed by atoms with Crippen LogP contribution in [-0.2, 0) is 17.8 Å². The predicted molar refractivity (Wildman–Crippen MR) is 48.4 cm³/mol. The molecule has 0 atom stereocenters. The fourth-order valence-electron chi connectivity index (χ4n) is 1.18. The molecule has 0 aromatic carbocycles. The van der Waals surface area contributed by atoms with E-state index in [2.05, 4.69) is 18.9 Å². The Bertz CT molecular complexity index is 292. The Balaban J connectivity index is 2.71. The largest absolute Gasteiger partial charge is 0.481 e. The van der Waals surface area contributed by atoms with E-state index in [1.165, 1.54) is 0 Å². The Morgan fingerprint density at radius 2 is 2.38 bits per heavy atom. The lowest BCUT2D eigenvalue weighted by Gasteiger charge is -2.07. The van der Waals surface area contributed by atoms with Crippen LogP contribution < -0.4 is 0 Å². The first kappa shape index (κ1) is 9.77. The molecule has 0 aliphatic carbocycles. The highest BCUT2D eigenvalue weighted by Gasteiger charge is 2.07. The molecule has 1 aromatic heterocycles. The van der Waals surface area contributed by atoms with Crippen LogP contribution in [0.5, 0.6) is 0 Å². The Labute approximate surface area is 77.2 Å². The number of hydrogen-bond donors (Lipinski definition) is 1.